The quantitative estimate of drug-likeness (QED) is 0.685. The molecule has 4 bridgehead atoms. The van der Waals surface area contributed by atoms with E-state index in [0.29, 0.717) is 16.6 Å². The number of rotatable bonds is 3. The first kappa shape index (κ1) is 14.0. The van der Waals surface area contributed by atoms with E-state index in [0.717, 1.165) is 25.2 Å². The maximum Gasteiger partial charge on any atom is 0.357 e. The van der Waals surface area contributed by atoms with Crippen molar-refractivity contribution < 1.29 is 9.91 Å². The van der Waals surface area contributed by atoms with E-state index in [-0.39, 0.29) is 16.1 Å². The van der Waals surface area contributed by atoms with Crippen molar-refractivity contribution in [1.29, 1.82) is 0 Å². The maximum atomic E-state index is 11.3. The fraction of sp³-hybridized carbons (Fsp3) is 0.706. The predicted molar refractivity (Wildman–Crippen MR) is 83.4 cm³/mol. The zero-order valence-electron chi connectivity index (χ0n) is 13.3. The highest BCUT2D eigenvalue weighted by Gasteiger charge is 2.62. The molecular weight excluding hydrogens is 278 g/mol. The Morgan fingerprint density at radius 2 is 1.91 bits per heavy atom. The molecule has 1 heterocycles. The van der Waals surface area contributed by atoms with E-state index in [9.17, 15) is 10.1 Å². The molecule has 1 aromatic heterocycles. The average Bonchev–Trinajstić information content (AvgIpc) is 2.33. The van der Waals surface area contributed by atoms with Gasteiger partial charge in [-0.2, -0.15) is 0 Å². The smallest absolute Gasteiger partial charge is 0.263 e. The zero-order chi connectivity index (χ0) is 15.6. The summed E-state index contributed by atoms with van der Waals surface area (Å²) in [5.74, 6) is 1.34. The third-order valence-corrected chi connectivity index (χ3v) is 6.05. The fourth-order valence-electron chi connectivity index (χ4n) is 6.53. The molecule has 5 heteroatoms. The van der Waals surface area contributed by atoms with Gasteiger partial charge in [0.25, 0.3) is 0 Å². The third-order valence-electron chi connectivity index (χ3n) is 6.05. The van der Waals surface area contributed by atoms with Gasteiger partial charge in [0, 0.05) is 6.07 Å². The van der Waals surface area contributed by atoms with Crippen LogP contribution < -0.4 is 10.3 Å². The number of pyridine rings is 1. The van der Waals surface area contributed by atoms with Crippen LogP contribution in [0.5, 0.6) is 0 Å². The van der Waals surface area contributed by atoms with Crippen molar-refractivity contribution in [3.05, 3.63) is 28.4 Å². The molecular formula is C17H24N3O2+. The summed E-state index contributed by atoms with van der Waals surface area (Å²) in [6, 6.07) is 3.26. The van der Waals surface area contributed by atoms with Gasteiger partial charge in [0.2, 0.25) is 0 Å². The van der Waals surface area contributed by atoms with Gasteiger partial charge in [-0.15, -0.1) is 0 Å². The van der Waals surface area contributed by atoms with Crippen molar-refractivity contribution in [1.82, 2.24) is 0 Å². The summed E-state index contributed by atoms with van der Waals surface area (Å²) in [5.41, 5.74) is 0.953. The predicted octanol–water partition coefficient (Wildman–Crippen LogP) is 3.57. The summed E-state index contributed by atoms with van der Waals surface area (Å²) in [7, 11) is 0. The number of nitro groups is 1. The second kappa shape index (κ2) is 4.21. The Kier molecular flexibility index (Phi) is 2.67. The van der Waals surface area contributed by atoms with Crippen LogP contribution in [-0.4, -0.2) is 10.5 Å². The number of aromatic nitrogens is 1. The van der Waals surface area contributed by atoms with Crippen molar-refractivity contribution >= 4 is 11.5 Å². The van der Waals surface area contributed by atoms with E-state index in [2.05, 4.69) is 24.1 Å². The number of anilines is 1. The van der Waals surface area contributed by atoms with E-state index in [4.69, 9.17) is 0 Å². The molecule has 4 aliphatic rings. The highest BCUT2D eigenvalue weighted by molar-refractivity contribution is 5.53. The van der Waals surface area contributed by atoms with Gasteiger partial charge in [-0.1, -0.05) is 13.8 Å². The molecule has 0 aliphatic heterocycles. The number of aromatic amines is 1. The van der Waals surface area contributed by atoms with E-state index in [1.807, 2.05) is 0 Å². The minimum atomic E-state index is -0.303. The van der Waals surface area contributed by atoms with Gasteiger partial charge in [-0.05, 0) is 61.3 Å². The molecule has 0 amide bonds. The first-order valence-electron chi connectivity index (χ1n) is 8.24. The molecule has 5 rings (SSSR count). The van der Waals surface area contributed by atoms with E-state index in [1.165, 1.54) is 19.3 Å². The van der Waals surface area contributed by atoms with Gasteiger partial charge in [-0.3, -0.25) is 15.4 Å². The standard InChI is InChI=1S/C17H23N3O2/c1-15-6-12-7-16(2,9-15)11-17(8-12,10-15)19-14-13(20(21)22)4-3-5-18-14/h3-5,12H,6-11H2,1-2H3,(H,18,19)/p+1/t12?,15-,16+,17?. The Morgan fingerprint density at radius 3 is 2.50 bits per heavy atom. The Morgan fingerprint density at radius 1 is 1.23 bits per heavy atom. The monoisotopic (exact) mass is 302 g/mol. The topological polar surface area (TPSA) is 69.3 Å². The molecule has 4 aliphatic carbocycles. The number of nitrogens with one attached hydrogen (secondary N) is 2. The molecule has 2 unspecified atom stereocenters. The molecule has 0 radical (unpaired) electrons. The van der Waals surface area contributed by atoms with Gasteiger partial charge < -0.3 is 0 Å². The van der Waals surface area contributed by atoms with Gasteiger partial charge in [0.05, 0.1) is 11.1 Å². The van der Waals surface area contributed by atoms with Crippen LogP contribution >= 0.6 is 0 Å². The second-order valence-electron chi connectivity index (χ2n) is 8.72. The van der Waals surface area contributed by atoms with Gasteiger partial charge in [-0.25, -0.2) is 4.98 Å². The Labute approximate surface area is 130 Å². The van der Waals surface area contributed by atoms with E-state index >= 15 is 0 Å². The highest BCUT2D eigenvalue weighted by atomic mass is 16.6. The van der Waals surface area contributed by atoms with Gasteiger partial charge >= 0.3 is 11.5 Å². The average molecular weight is 302 g/mol. The lowest BCUT2D eigenvalue weighted by atomic mass is 9.43. The summed E-state index contributed by atoms with van der Waals surface area (Å²) in [4.78, 5) is 14.0. The fourth-order valence-corrected chi connectivity index (χ4v) is 6.53. The van der Waals surface area contributed by atoms with Crippen LogP contribution in [0.3, 0.4) is 0 Å². The van der Waals surface area contributed by atoms with Gasteiger partial charge in [0.1, 0.15) is 5.54 Å². The van der Waals surface area contributed by atoms with E-state index < -0.39 is 0 Å². The second-order valence-corrected chi connectivity index (χ2v) is 8.72. The summed E-state index contributed by atoms with van der Waals surface area (Å²) >= 11 is 0. The number of H-pyrrole nitrogens is 1. The Balaban J connectivity index is 1.70. The molecule has 0 spiro atoms. The van der Waals surface area contributed by atoms with Crippen LogP contribution in [0.15, 0.2) is 18.3 Å². The number of nitrogens with zero attached hydrogens (tertiary/aromatic N) is 1. The van der Waals surface area contributed by atoms with Crippen molar-refractivity contribution in [2.45, 2.75) is 57.9 Å². The van der Waals surface area contributed by atoms with Crippen LogP contribution in [-0.2, 0) is 0 Å². The van der Waals surface area contributed by atoms with Crippen molar-refractivity contribution in [3.63, 3.8) is 0 Å². The SMILES string of the molecule is C[C@]12CC3CC(Nc4[nH+]cccc4[N+](=O)[O-])(C1)C[C@@](C)(C3)C2. The normalized spacial score (nSPS) is 42.4. The minimum absolute atomic E-state index is 0.0194. The van der Waals surface area contributed by atoms with Crippen molar-refractivity contribution in [2.24, 2.45) is 16.7 Å². The van der Waals surface area contributed by atoms with Crippen LogP contribution in [0, 0.1) is 26.9 Å². The molecule has 1 aromatic rings. The first-order chi connectivity index (χ1) is 10.3. The van der Waals surface area contributed by atoms with Crippen molar-refractivity contribution in [3.8, 4) is 0 Å². The van der Waals surface area contributed by atoms with Crippen LogP contribution in [0.4, 0.5) is 11.5 Å². The van der Waals surface area contributed by atoms with E-state index in [1.54, 1.807) is 18.3 Å². The lowest BCUT2D eigenvalue weighted by Crippen LogP contribution is -2.61. The lowest BCUT2D eigenvalue weighted by molar-refractivity contribution is -0.410. The molecule has 4 saturated carbocycles. The summed E-state index contributed by atoms with van der Waals surface area (Å²) in [6.07, 6.45) is 9.13. The molecule has 4 atom stereocenters. The largest absolute Gasteiger partial charge is 0.357 e. The zero-order valence-corrected chi connectivity index (χ0v) is 13.3. The highest BCUT2D eigenvalue weighted by Crippen LogP contribution is 2.66. The lowest BCUT2D eigenvalue weighted by Gasteiger charge is -2.63. The third kappa shape index (κ3) is 2.09. The molecule has 0 aromatic carbocycles. The number of hydrogen-bond donors (Lipinski definition) is 1. The Bertz CT molecular complexity index is 627. The molecule has 2 N–H and O–H groups in total. The molecule has 4 fully saturated rings. The molecule has 5 nitrogen and oxygen atoms in total. The first-order valence-corrected chi connectivity index (χ1v) is 8.24. The van der Waals surface area contributed by atoms with Crippen LogP contribution in [0.1, 0.15) is 52.4 Å². The number of hydrogen-bond acceptors (Lipinski definition) is 3. The molecule has 118 valence electrons. The van der Waals surface area contributed by atoms with Crippen molar-refractivity contribution in [2.75, 3.05) is 5.32 Å². The van der Waals surface area contributed by atoms with Gasteiger partial charge in [0.15, 0.2) is 0 Å². The molecule has 22 heavy (non-hydrogen) atoms. The Hall–Kier alpha value is -1.65. The van der Waals surface area contributed by atoms with Crippen LogP contribution in [0.25, 0.3) is 0 Å². The summed E-state index contributed by atoms with van der Waals surface area (Å²) in [5, 5.41) is 14.9. The van der Waals surface area contributed by atoms with Crippen LogP contribution in [0.2, 0.25) is 0 Å². The minimum Gasteiger partial charge on any atom is -0.263 e. The molecule has 0 saturated heterocycles. The maximum absolute atomic E-state index is 11.3. The summed E-state index contributed by atoms with van der Waals surface area (Å²) in [6.45, 7) is 4.82. The summed E-state index contributed by atoms with van der Waals surface area (Å²) < 4.78 is 0.